The number of carbonyl (C=O) groups excluding carboxylic acids is 1. The Morgan fingerprint density at radius 2 is 1.30 bits per heavy atom. The first-order valence-electron chi connectivity index (χ1n) is 9.54. The molecule has 2 fully saturated rings. The van der Waals surface area contributed by atoms with Crippen LogP contribution >= 0.6 is 0 Å². The molecule has 2 aliphatic rings. The molecule has 2 aromatic carbocycles. The number of rotatable bonds is 4. The zero-order valence-electron chi connectivity index (χ0n) is 16.2. The highest BCUT2D eigenvalue weighted by atomic mass is 16.6. The number of nitro benzene ring substituents is 2. The largest absolute Gasteiger partial charge is 0.292 e. The Bertz CT molecular complexity index is 1040. The van der Waals surface area contributed by atoms with Crippen LogP contribution in [0.3, 0.4) is 0 Å². The first-order valence-corrected chi connectivity index (χ1v) is 9.54. The molecule has 8 heteroatoms. The molecule has 2 heterocycles. The maximum absolute atomic E-state index is 13.3. The fourth-order valence-corrected chi connectivity index (χ4v) is 4.30. The fourth-order valence-electron chi connectivity index (χ4n) is 4.30. The van der Waals surface area contributed by atoms with Gasteiger partial charge in [-0.25, -0.2) is 0 Å². The van der Waals surface area contributed by atoms with Crippen LogP contribution in [0.4, 0.5) is 11.4 Å². The predicted octanol–water partition coefficient (Wildman–Crippen LogP) is 4.02. The van der Waals surface area contributed by atoms with Crippen LogP contribution in [0, 0.1) is 20.2 Å². The summed E-state index contributed by atoms with van der Waals surface area (Å²) in [5, 5.41) is 22.1. The third kappa shape index (κ3) is 3.53. The summed E-state index contributed by atoms with van der Waals surface area (Å²) < 4.78 is 0. The number of Topliss-reactive ketones (excluding diaryl/α,β-unsaturated/α-hetero) is 1. The van der Waals surface area contributed by atoms with Gasteiger partial charge in [0.05, 0.1) is 9.85 Å². The molecule has 2 aromatic rings. The van der Waals surface area contributed by atoms with Crippen LogP contribution in [0.2, 0.25) is 0 Å². The Labute approximate surface area is 172 Å². The van der Waals surface area contributed by atoms with E-state index in [1.165, 1.54) is 24.3 Å². The molecule has 2 aliphatic heterocycles. The fraction of sp³-hybridized carbons (Fsp3) is 0.227. The molecule has 0 spiro atoms. The molecule has 0 amide bonds. The number of nitro groups is 2. The van der Waals surface area contributed by atoms with E-state index in [9.17, 15) is 25.0 Å². The lowest BCUT2D eigenvalue weighted by Gasteiger charge is -2.34. The van der Waals surface area contributed by atoms with Crippen molar-refractivity contribution < 1.29 is 14.6 Å². The van der Waals surface area contributed by atoms with Gasteiger partial charge in [0.25, 0.3) is 11.4 Å². The number of fused-ring (bicyclic) bond motifs is 2. The monoisotopic (exact) mass is 405 g/mol. The van der Waals surface area contributed by atoms with Crippen molar-refractivity contribution in [3.05, 3.63) is 91.0 Å². The number of ketones is 1. The smallest absolute Gasteiger partial charge is 0.270 e. The van der Waals surface area contributed by atoms with Crippen molar-refractivity contribution in [1.29, 1.82) is 0 Å². The van der Waals surface area contributed by atoms with Crippen molar-refractivity contribution in [1.82, 2.24) is 4.90 Å². The van der Waals surface area contributed by atoms with Crippen LogP contribution < -0.4 is 0 Å². The van der Waals surface area contributed by atoms with E-state index in [2.05, 4.69) is 4.90 Å². The summed E-state index contributed by atoms with van der Waals surface area (Å²) in [5.41, 5.74) is 2.31. The Hall–Kier alpha value is -3.65. The molecule has 152 valence electrons. The Morgan fingerprint density at radius 1 is 0.867 bits per heavy atom. The molecule has 0 N–H and O–H groups in total. The molecular weight excluding hydrogens is 386 g/mol. The summed E-state index contributed by atoms with van der Waals surface area (Å²) in [4.78, 5) is 36.7. The zero-order chi connectivity index (χ0) is 21.4. The van der Waals surface area contributed by atoms with Crippen molar-refractivity contribution in [3.63, 3.8) is 0 Å². The SMILES string of the molecule is CN1[C@H]2CC[C@H]1/C(=C\c1cccc([N+](=O)[O-])c1)C(=O)/C2=C/c1cccc([N+](=O)[O-])c1. The van der Waals surface area contributed by atoms with Crippen molar-refractivity contribution in [2.45, 2.75) is 24.9 Å². The van der Waals surface area contributed by atoms with Crippen LogP contribution in [-0.4, -0.2) is 39.7 Å². The van der Waals surface area contributed by atoms with Crippen LogP contribution in [-0.2, 0) is 4.79 Å². The van der Waals surface area contributed by atoms with Gasteiger partial charge in [-0.1, -0.05) is 24.3 Å². The maximum Gasteiger partial charge on any atom is 0.270 e. The number of likely N-dealkylation sites (N-methyl/N-ethyl adjacent to an activating group) is 1. The molecule has 0 aromatic heterocycles. The summed E-state index contributed by atoms with van der Waals surface area (Å²) in [7, 11) is 1.96. The topological polar surface area (TPSA) is 107 Å². The second-order valence-corrected chi connectivity index (χ2v) is 7.51. The van der Waals surface area contributed by atoms with Crippen molar-refractivity contribution in [2.75, 3.05) is 7.05 Å². The summed E-state index contributed by atoms with van der Waals surface area (Å²) in [6.45, 7) is 0. The molecule has 0 saturated carbocycles. The van der Waals surface area contributed by atoms with Crippen LogP contribution in [0.1, 0.15) is 24.0 Å². The minimum absolute atomic E-state index is 0.0300. The van der Waals surface area contributed by atoms with Gasteiger partial charge in [-0.2, -0.15) is 0 Å². The van der Waals surface area contributed by atoms with E-state index in [1.54, 1.807) is 36.4 Å². The van der Waals surface area contributed by atoms with Crippen LogP contribution in [0.15, 0.2) is 59.7 Å². The molecule has 0 unspecified atom stereocenters. The standard InChI is InChI=1S/C22H19N3O5/c1-23-20-8-9-21(23)19(13-15-5-3-7-17(11-15)25(29)30)22(26)18(20)12-14-4-2-6-16(10-14)24(27)28/h2-7,10-13,20-21H,8-9H2,1H3/b18-12+,19-13+/t20-,21-/m0/s1. The Morgan fingerprint density at radius 3 is 1.70 bits per heavy atom. The average molecular weight is 405 g/mol. The average Bonchev–Trinajstić information content (AvgIpc) is 3.04. The number of hydrogen-bond donors (Lipinski definition) is 0. The molecule has 8 nitrogen and oxygen atoms in total. The van der Waals surface area contributed by atoms with Gasteiger partial charge in [0.2, 0.25) is 0 Å². The third-order valence-electron chi connectivity index (χ3n) is 5.75. The van der Waals surface area contributed by atoms with Crippen molar-refractivity contribution in [2.24, 2.45) is 0 Å². The van der Waals surface area contributed by atoms with E-state index in [-0.39, 0.29) is 29.2 Å². The molecule has 4 rings (SSSR count). The summed E-state index contributed by atoms with van der Waals surface area (Å²) >= 11 is 0. The number of piperidine rings is 1. The van der Waals surface area contributed by atoms with Crippen molar-refractivity contribution in [3.8, 4) is 0 Å². The summed E-state index contributed by atoms with van der Waals surface area (Å²) in [5.74, 6) is -0.112. The molecule has 0 aliphatic carbocycles. The van der Waals surface area contributed by atoms with E-state index >= 15 is 0 Å². The molecule has 2 saturated heterocycles. The van der Waals surface area contributed by atoms with Crippen LogP contribution in [0.5, 0.6) is 0 Å². The number of benzene rings is 2. The lowest BCUT2D eigenvalue weighted by atomic mass is 9.88. The minimum atomic E-state index is -0.462. The molecule has 2 atom stereocenters. The molecule has 0 radical (unpaired) electrons. The molecule has 2 bridgehead atoms. The molecular formula is C22H19N3O5. The maximum atomic E-state index is 13.3. The Balaban J connectivity index is 1.76. The van der Waals surface area contributed by atoms with E-state index in [0.717, 1.165) is 12.8 Å². The van der Waals surface area contributed by atoms with Gasteiger partial charge >= 0.3 is 0 Å². The van der Waals surface area contributed by atoms with Crippen LogP contribution in [0.25, 0.3) is 12.2 Å². The summed E-state index contributed by atoms with van der Waals surface area (Å²) in [6, 6.07) is 12.3. The minimum Gasteiger partial charge on any atom is -0.292 e. The van der Waals surface area contributed by atoms with Gasteiger partial charge < -0.3 is 0 Å². The summed E-state index contributed by atoms with van der Waals surface area (Å²) in [6.07, 6.45) is 5.05. The predicted molar refractivity (Wildman–Crippen MR) is 112 cm³/mol. The highest BCUT2D eigenvalue weighted by molar-refractivity contribution is 6.16. The van der Waals surface area contributed by atoms with Gasteiger partial charge in [0.1, 0.15) is 0 Å². The second kappa shape index (κ2) is 7.64. The Kier molecular flexibility index (Phi) is 5.01. The number of nitrogens with zero attached hydrogens (tertiary/aromatic N) is 3. The van der Waals surface area contributed by atoms with Gasteiger partial charge in [-0.3, -0.25) is 29.9 Å². The second-order valence-electron chi connectivity index (χ2n) is 7.51. The van der Waals surface area contributed by atoms with Gasteiger partial charge in [-0.15, -0.1) is 0 Å². The highest BCUT2D eigenvalue weighted by Gasteiger charge is 2.44. The first-order chi connectivity index (χ1) is 14.3. The van der Waals surface area contributed by atoms with E-state index in [1.807, 2.05) is 7.05 Å². The number of carbonyl (C=O) groups is 1. The van der Waals surface area contributed by atoms with Gasteiger partial charge in [0.15, 0.2) is 5.78 Å². The number of hydrogen-bond acceptors (Lipinski definition) is 6. The van der Waals surface area contributed by atoms with E-state index < -0.39 is 9.85 Å². The lowest BCUT2D eigenvalue weighted by Crippen LogP contribution is -2.43. The molecule has 30 heavy (non-hydrogen) atoms. The first kappa shape index (κ1) is 19.7. The number of non-ortho nitro benzene ring substituents is 2. The third-order valence-corrected chi connectivity index (χ3v) is 5.75. The zero-order valence-corrected chi connectivity index (χ0v) is 16.2. The van der Waals surface area contributed by atoms with Gasteiger partial charge in [-0.05, 0) is 43.2 Å². The van der Waals surface area contributed by atoms with E-state index in [0.29, 0.717) is 22.3 Å². The highest BCUT2D eigenvalue weighted by Crippen LogP contribution is 2.40. The van der Waals surface area contributed by atoms with E-state index in [4.69, 9.17) is 0 Å². The normalized spacial score (nSPS) is 23.8. The van der Waals surface area contributed by atoms with Gasteiger partial charge in [0, 0.05) is 47.5 Å². The quantitative estimate of drug-likeness (QED) is 0.432. The lowest BCUT2D eigenvalue weighted by molar-refractivity contribution is -0.385. The van der Waals surface area contributed by atoms with Crippen molar-refractivity contribution >= 4 is 29.3 Å².